The molecule has 1 fully saturated rings. The van der Waals surface area contributed by atoms with Crippen molar-refractivity contribution in [2.75, 3.05) is 45.3 Å². The maximum absolute atomic E-state index is 13.4. The van der Waals surface area contributed by atoms with Gasteiger partial charge in [-0.1, -0.05) is 18.2 Å². The molecule has 202 valence electrons. The van der Waals surface area contributed by atoms with Gasteiger partial charge >= 0.3 is 0 Å². The van der Waals surface area contributed by atoms with Gasteiger partial charge in [0.05, 0.1) is 25.2 Å². The van der Waals surface area contributed by atoms with Crippen LogP contribution in [0, 0.1) is 11.6 Å². The summed E-state index contributed by atoms with van der Waals surface area (Å²) in [6.45, 7) is 4.28. The lowest BCUT2D eigenvalue weighted by Gasteiger charge is -2.42. The van der Waals surface area contributed by atoms with Gasteiger partial charge in [-0.3, -0.25) is 14.0 Å². The molecule has 0 unspecified atom stereocenters. The van der Waals surface area contributed by atoms with Gasteiger partial charge in [0, 0.05) is 37.8 Å². The Kier molecular flexibility index (Phi) is 11.2. The summed E-state index contributed by atoms with van der Waals surface area (Å²) in [5.41, 5.74) is 1.59. The maximum Gasteiger partial charge on any atom is 0.261 e. The number of nitrogens with zero attached hydrogens (tertiary/aromatic N) is 1. The topological polar surface area (TPSA) is 142 Å². The molecule has 2 aliphatic rings. The van der Waals surface area contributed by atoms with Crippen molar-refractivity contribution >= 4 is 20.2 Å². The Morgan fingerprint density at radius 1 is 1.00 bits per heavy atom. The number of hydrogen-bond donors (Lipinski definition) is 3. The maximum atomic E-state index is 13.4. The van der Waals surface area contributed by atoms with E-state index in [0.717, 1.165) is 43.6 Å². The van der Waals surface area contributed by atoms with Crippen LogP contribution < -0.4 is 10.1 Å². The summed E-state index contributed by atoms with van der Waals surface area (Å²) >= 11 is 0. The molecule has 0 radical (unpaired) electrons. The van der Waals surface area contributed by atoms with Crippen LogP contribution in [0.2, 0.25) is 0 Å². The van der Waals surface area contributed by atoms with Gasteiger partial charge in [-0.15, -0.1) is 0 Å². The minimum atomic E-state index is -3.67. The summed E-state index contributed by atoms with van der Waals surface area (Å²) in [5.74, 6) is -0.298. The summed E-state index contributed by atoms with van der Waals surface area (Å²) in [7, 11) is -7.33. The van der Waals surface area contributed by atoms with E-state index in [9.17, 15) is 25.6 Å². The van der Waals surface area contributed by atoms with Gasteiger partial charge in [-0.2, -0.15) is 16.8 Å². The van der Waals surface area contributed by atoms with Crippen molar-refractivity contribution in [3.63, 3.8) is 0 Å². The molecule has 10 nitrogen and oxygen atoms in total. The molecule has 0 saturated carbocycles. The zero-order valence-electron chi connectivity index (χ0n) is 19.8. The molecule has 14 heteroatoms. The van der Waals surface area contributed by atoms with Crippen LogP contribution in [0.1, 0.15) is 17.2 Å². The summed E-state index contributed by atoms with van der Waals surface area (Å²) in [6, 6.07) is 11.6. The molecule has 0 bridgehead atoms. The highest BCUT2D eigenvalue weighted by Gasteiger charge is 2.36. The smallest absolute Gasteiger partial charge is 0.261 e. The number of benzene rings is 2. The monoisotopic (exact) mass is 552 g/mol. The average Bonchev–Trinajstić information content (AvgIpc) is 2.75. The lowest BCUT2D eigenvalue weighted by Crippen LogP contribution is -2.51. The summed E-state index contributed by atoms with van der Waals surface area (Å²) in [6.07, 6.45) is 1.23. The van der Waals surface area contributed by atoms with Gasteiger partial charge in [-0.25, -0.2) is 8.78 Å². The van der Waals surface area contributed by atoms with E-state index in [-0.39, 0.29) is 18.8 Å². The molecule has 0 aliphatic carbocycles. The predicted octanol–water partition coefficient (Wildman–Crippen LogP) is 1.90. The molecule has 0 spiro atoms. The van der Waals surface area contributed by atoms with Crippen LogP contribution in [-0.2, 0) is 31.6 Å². The molecule has 2 heterocycles. The highest BCUT2D eigenvalue weighted by atomic mass is 32.2. The highest BCUT2D eigenvalue weighted by Crippen LogP contribution is 2.37. The van der Waals surface area contributed by atoms with Gasteiger partial charge < -0.3 is 14.8 Å². The SMILES string of the molecule is CS(=O)(=O)O.CS(=O)(=O)O.Fc1cc(F)cc(CO[C@@H]2COc3ccccc3[C@H]2N2CCNCC2)c1. The number of para-hydroxylation sites is 1. The number of ether oxygens (including phenoxy) is 2. The average molecular weight is 553 g/mol. The number of hydrogen-bond acceptors (Lipinski definition) is 8. The highest BCUT2D eigenvalue weighted by molar-refractivity contribution is 7.85. The van der Waals surface area contributed by atoms with Gasteiger partial charge in [0.2, 0.25) is 0 Å². The van der Waals surface area contributed by atoms with Crippen LogP contribution in [0.25, 0.3) is 0 Å². The Balaban J connectivity index is 0.000000389. The summed E-state index contributed by atoms with van der Waals surface area (Å²) in [4.78, 5) is 2.40. The van der Waals surface area contributed by atoms with Gasteiger partial charge in [0.1, 0.15) is 30.1 Å². The van der Waals surface area contributed by atoms with Crippen molar-refractivity contribution in [1.82, 2.24) is 10.2 Å². The first-order valence-corrected chi connectivity index (χ1v) is 14.5. The van der Waals surface area contributed by atoms with Crippen LogP contribution in [0.5, 0.6) is 5.75 Å². The van der Waals surface area contributed by atoms with Crippen molar-refractivity contribution in [3.05, 3.63) is 65.2 Å². The third-order valence-electron chi connectivity index (χ3n) is 4.92. The Hall–Kier alpha value is -2.20. The van der Waals surface area contributed by atoms with Gasteiger partial charge in [0.15, 0.2) is 0 Å². The zero-order valence-corrected chi connectivity index (χ0v) is 21.4. The van der Waals surface area contributed by atoms with Crippen molar-refractivity contribution in [2.24, 2.45) is 0 Å². The minimum Gasteiger partial charge on any atom is -0.490 e. The van der Waals surface area contributed by atoms with Crippen LogP contribution in [-0.4, -0.2) is 82.2 Å². The zero-order chi connectivity index (χ0) is 26.9. The van der Waals surface area contributed by atoms with E-state index < -0.39 is 31.9 Å². The van der Waals surface area contributed by atoms with E-state index in [1.165, 1.54) is 12.1 Å². The number of nitrogens with one attached hydrogen (secondary N) is 1. The van der Waals surface area contributed by atoms with Crippen LogP contribution in [0.3, 0.4) is 0 Å². The molecule has 36 heavy (non-hydrogen) atoms. The molecule has 2 aromatic rings. The van der Waals surface area contributed by atoms with Crippen molar-refractivity contribution in [1.29, 1.82) is 0 Å². The second kappa shape index (κ2) is 13.4. The molecule has 2 atom stereocenters. The fourth-order valence-electron chi connectivity index (χ4n) is 3.75. The molecule has 2 aromatic carbocycles. The van der Waals surface area contributed by atoms with Crippen molar-refractivity contribution < 1.29 is 44.2 Å². The van der Waals surface area contributed by atoms with Gasteiger partial charge in [0.25, 0.3) is 20.2 Å². The largest absolute Gasteiger partial charge is 0.490 e. The fraction of sp³-hybridized carbons (Fsp3) is 0.455. The molecule has 0 aromatic heterocycles. The molecule has 2 aliphatic heterocycles. The standard InChI is InChI=1S/C20H22F2N2O2.2CH4O3S/c21-15-9-14(10-16(22)11-15)12-25-19-13-26-18-4-2-1-3-17(18)20(19)24-7-5-23-6-8-24;2*1-5(2,3)4/h1-4,9-11,19-20,23H,5-8,12-13H2;2*1H3,(H,2,3,4)/t19-,20-;;/m1../s1. The van der Waals surface area contributed by atoms with Crippen LogP contribution in [0.4, 0.5) is 8.78 Å². The van der Waals surface area contributed by atoms with Crippen LogP contribution >= 0.6 is 0 Å². The Morgan fingerprint density at radius 2 is 1.53 bits per heavy atom. The van der Waals surface area contributed by atoms with E-state index in [0.29, 0.717) is 24.7 Å². The second-order valence-corrected chi connectivity index (χ2v) is 11.1. The number of halogens is 2. The van der Waals surface area contributed by atoms with Crippen molar-refractivity contribution in [2.45, 2.75) is 18.8 Å². The summed E-state index contributed by atoms with van der Waals surface area (Å²) < 4.78 is 90.5. The molecular formula is C22H30F2N2O8S2. The predicted molar refractivity (Wildman–Crippen MR) is 129 cm³/mol. The van der Waals surface area contributed by atoms with Gasteiger partial charge in [-0.05, 0) is 23.8 Å². The van der Waals surface area contributed by atoms with Crippen molar-refractivity contribution in [3.8, 4) is 5.75 Å². The van der Waals surface area contributed by atoms with E-state index in [1.54, 1.807) is 0 Å². The van der Waals surface area contributed by atoms with E-state index >= 15 is 0 Å². The molecular weight excluding hydrogens is 522 g/mol. The first-order valence-electron chi connectivity index (χ1n) is 10.8. The van der Waals surface area contributed by atoms with Crippen LogP contribution in [0.15, 0.2) is 42.5 Å². The first-order chi connectivity index (χ1) is 16.7. The lowest BCUT2D eigenvalue weighted by molar-refractivity contribution is -0.0618. The number of rotatable bonds is 4. The molecule has 4 rings (SSSR count). The lowest BCUT2D eigenvalue weighted by atomic mass is 9.95. The number of piperazine rings is 1. The minimum absolute atomic E-state index is 0.0699. The Bertz CT molecular complexity index is 1140. The quantitative estimate of drug-likeness (QED) is 0.482. The normalized spacial score (nSPS) is 20.1. The van der Waals surface area contributed by atoms with E-state index in [2.05, 4.69) is 16.3 Å². The molecule has 3 N–H and O–H groups in total. The number of fused-ring (bicyclic) bond motifs is 1. The third-order valence-corrected chi connectivity index (χ3v) is 4.92. The summed E-state index contributed by atoms with van der Waals surface area (Å²) in [5, 5.41) is 3.37. The van der Waals surface area contributed by atoms with E-state index in [1.807, 2.05) is 18.2 Å². The fourth-order valence-corrected chi connectivity index (χ4v) is 3.75. The van der Waals surface area contributed by atoms with E-state index in [4.69, 9.17) is 18.6 Å². The third kappa shape index (κ3) is 11.7. The molecule has 0 amide bonds. The Morgan fingerprint density at radius 3 is 2.08 bits per heavy atom. The Labute approximate surface area is 209 Å². The first kappa shape index (κ1) is 30.0. The molecule has 1 saturated heterocycles. The second-order valence-electron chi connectivity index (χ2n) is 8.17.